The number of halogens is 1. The molecule has 1 heterocycles. The molecule has 0 bridgehead atoms. The third-order valence-corrected chi connectivity index (χ3v) is 2.99. The Bertz CT molecular complexity index is 775. The summed E-state index contributed by atoms with van der Waals surface area (Å²) < 4.78 is 24.9. The number of nitrogen functional groups attached to an aromatic ring is 1. The van der Waals surface area contributed by atoms with Gasteiger partial charge in [-0.1, -0.05) is 0 Å². The summed E-state index contributed by atoms with van der Waals surface area (Å²) in [4.78, 5) is 15.8. The van der Waals surface area contributed by atoms with E-state index < -0.39 is 17.5 Å². The highest BCUT2D eigenvalue weighted by Crippen LogP contribution is 2.32. The van der Waals surface area contributed by atoms with Gasteiger partial charge in [-0.05, 0) is 32.9 Å². The van der Waals surface area contributed by atoms with Crippen molar-refractivity contribution in [3.8, 4) is 11.5 Å². The zero-order valence-electron chi connectivity index (χ0n) is 14.5. The van der Waals surface area contributed by atoms with Crippen LogP contribution in [0.1, 0.15) is 20.8 Å². The average Bonchev–Trinajstić information content (AvgIpc) is 2.50. The van der Waals surface area contributed by atoms with Crippen LogP contribution in [0.3, 0.4) is 0 Å². The smallest absolute Gasteiger partial charge is 0.412 e. The van der Waals surface area contributed by atoms with Gasteiger partial charge in [0, 0.05) is 25.4 Å². The average molecular weight is 348 g/mol. The van der Waals surface area contributed by atoms with E-state index in [0.717, 1.165) is 6.07 Å². The van der Waals surface area contributed by atoms with E-state index in [9.17, 15) is 9.18 Å². The van der Waals surface area contributed by atoms with Crippen LogP contribution in [-0.4, -0.2) is 23.7 Å². The summed E-state index contributed by atoms with van der Waals surface area (Å²) in [6.07, 6.45) is 0.781. The molecule has 0 aliphatic rings. The van der Waals surface area contributed by atoms with Crippen LogP contribution in [-0.2, 0) is 4.74 Å². The minimum Gasteiger partial charge on any atom is -0.455 e. The maximum atomic E-state index is 14.2. The Labute approximate surface area is 145 Å². The Morgan fingerprint density at radius 3 is 2.60 bits per heavy atom. The number of amides is 1. The van der Waals surface area contributed by atoms with Crippen molar-refractivity contribution in [1.82, 2.24) is 4.98 Å². The number of hydrogen-bond acceptors (Lipinski definition) is 6. The van der Waals surface area contributed by atoms with Crippen molar-refractivity contribution >= 4 is 23.3 Å². The number of nitrogens with two attached hydrogens (primary N) is 1. The summed E-state index contributed by atoms with van der Waals surface area (Å²) in [7, 11) is 1.68. The first-order valence-corrected chi connectivity index (χ1v) is 7.59. The van der Waals surface area contributed by atoms with Crippen molar-refractivity contribution < 1.29 is 18.7 Å². The Hall–Kier alpha value is -3.03. The summed E-state index contributed by atoms with van der Waals surface area (Å²) in [5.41, 5.74) is 5.54. The van der Waals surface area contributed by atoms with Crippen LogP contribution in [0.25, 0.3) is 0 Å². The summed E-state index contributed by atoms with van der Waals surface area (Å²) >= 11 is 0. The molecule has 0 atom stereocenters. The number of carbonyl (C=O) groups excluding carboxylic acids is 1. The summed E-state index contributed by atoms with van der Waals surface area (Å²) in [6.45, 7) is 5.16. The molecule has 7 nitrogen and oxygen atoms in total. The second-order valence-corrected chi connectivity index (χ2v) is 6.19. The molecule has 0 saturated carbocycles. The number of anilines is 3. The maximum Gasteiger partial charge on any atom is 0.412 e. The van der Waals surface area contributed by atoms with Gasteiger partial charge in [0.25, 0.3) is 0 Å². The molecule has 0 fully saturated rings. The van der Waals surface area contributed by atoms with E-state index in [2.05, 4.69) is 15.6 Å². The van der Waals surface area contributed by atoms with Gasteiger partial charge in [-0.3, -0.25) is 5.32 Å². The lowest BCUT2D eigenvalue weighted by atomic mass is 10.2. The van der Waals surface area contributed by atoms with E-state index in [4.69, 9.17) is 15.2 Å². The van der Waals surface area contributed by atoms with Crippen molar-refractivity contribution in [3.05, 3.63) is 36.3 Å². The molecule has 1 aromatic heterocycles. The van der Waals surface area contributed by atoms with E-state index >= 15 is 0 Å². The molecular formula is C17H21FN4O3. The van der Waals surface area contributed by atoms with Gasteiger partial charge in [0.15, 0.2) is 17.4 Å². The molecular weight excluding hydrogens is 327 g/mol. The number of aromatic nitrogens is 1. The fourth-order valence-electron chi connectivity index (χ4n) is 1.94. The summed E-state index contributed by atoms with van der Waals surface area (Å²) in [5.74, 6) is 0.366. The highest BCUT2D eigenvalue weighted by Gasteiger charge is 2.17. The Balaban J connectivity index is 2.13. The Morgan fingerprint density at radius 1 is 1.28 bits per heavy atom. The molecule has 25 heavy (non-hydrogen) atoms. The van der Waals surface area contributed by atoms with Crippen molar-refractivity contribution in [2.45, 2.75) is 26.4 Å². The zero-order chi connectivity index (χ0) is 18.6. The van der Waals surface area contributed by atoms with Crippen molar-refractivity contribution in [2.24, 2.45) is 0 Å². The second kappa shape index (κ2) is 7.25. The summed E-state index contributed by atoms with van der Waals surface area (Å²) in [5, 5.41) is 5.18. The van der Waals surface area contributed by atoms with E-state index in [0.29, 0.717) is 17.3 Å². The van der Waals surface area contributed by atoms with Crippen LogP contribution < -0.4 is 21.1 Å². The van der Waals surface area contributed by atoms with Crippen molar-refractivity contribution in [2.75, 3.05) is 23.4 Å². The predicted molar refractivity (Wildman–Crippen MR) is 94.5 cm³/mol. The fraction of sp³-hybridized carbons (Fsp3) is 0.294. The highest BCUT2D eigenvalue weighted by molar-refractivity contribution is 5.85. The number of nitrogens with one attached hydrogen (secondary N) is 2. The molecule has 0 saturated heterocycles. The number of ether oxygens (including phenoxy) is 2. The first-order chi connectivity index (χ1) is 11.7. The van der Waals surface area contributed by atoms with Crippen LogP contribution in [0.5, 0.6) is 11.5 Å². The first kappa shape index (κ1) is 18.3. The van der Waals surface area contributed by atoms with Crippen LogP contribution in [0.2, 0.25) is 0 Å². The Kier molecular flexibility index (Phi) is 5.31. The molecule has 0 aliphatic carbocycles. The second-order valence-electron chi connectivity index (χ2n) is 6.19. The third-order valence-electron chi connectivity index (χ3n) is 2.99. The molecule has 134 valence electrons. The number of carbonyl (C=O) groups is 1. The minimum atomic E-state index is -0.739. The lowest BCUT2D eigenvalue weighted by molar-refractivity contribution is 0.0635. The predicted octanol–water partition coefficient (Wildman–Crippen LogP) is 3.98. The normalized spacial score (nSPS) is 10.9. The van der Waals surface area contributed by atoms with E-state index in [1.165, 1.54) is 18.3 Å². The largest absolute Gasteiger partial charge is 0.455 e. The van der Waals surface area contributed by atoms with Crippen LogP contribution >= 0.6 is 0 Å². The lowest BCUT2D eigenvalue weighted by Crippen LogP contribution is -2.27. The number of benzene rings is 1. The number of hydrogen-bond donors (Lipinski definition) is 3. The molecule has 1 amide bonds. The molecule has 2 aromatic rings. The van der Waals surface area contributed by atoms with Crippen molar-refractivity contribution in [3.63, 3.8) is 0 Å². The van der Waals surface area contributed by atoms with E-state index in [-0.39, 0.29) is 11.4 Å². The molecule has 1 aromatic carbocycles. The molecule has 8 heteroatoms. The minimum absolute atomic E-state index is 0.0137. The van der Waals surface area contributed by atoms with Crippen LogP contribution in [0.4, 0.5) is 26.4 Å². The van der Waals surface area contributed by atoms with Gasteiger partial charge in [-0.2, -0.15) is 0 Å². The standard InChI is InChI=1S/C17H21FN4O3/c1-17(2,3)25-16(23)22-12-6-5-10(9-11(12)18)24-13-7-8-21-15(20-4)14(13)19/h5-9H,19H2,1-4H3,(H,20,21)(H,22,23). The number of pyridine rings is 1. The summed E-state index contributed by atoms with van der Waals surface area (Å²) in [6, 6.07) is 5.60. The van der Waals surface area contributed by atoms with Gasteiger partial charge in [0.05, 0.1) is 5.69 Å². The first-order valence-electron chi connectivity index (χ1n) is 7.59. The van der Waals surface area contributed by atoms with Gasteiger partial charge < -0.3 is 20.5 Å². The molecule has 2 rings (SSSR count). The van der Waals surface area contributed by atoms with Gasteiger partial charge >= 0.3 is 6.09 Å². The highest BCUT2D eigenvalue weighted by atomic mass is 19.1. The molecule has 0 aliphatic heterocycles. The van der Waals surface area contributed by atoms with Gasteiger partial charge in [0.2, 0.25) is 0 Å². The molecule has 0 unspecified atom stereocenters. The quantitative estimate of drug-likeness (QED) is 0.773. The monoisotopic (exact) mass is 348 g/mol. The zero-order valence-corrected chi connectivity index (χ0v) is 14.5. The molecule has 4 N–H and O–H groups in total. The maximum absolute atomic E-state index is 14.2. The van der Waals surface area contributed by atoms with E-state index in [1.54, 1.807) is 33.9 Å². The lowest BCUT2D eigenvalue weighted by Gasteiger charge is -2.20. The molecule has 0 spiro atoms. The van der Waals surface area contributed by atoms with Crippen molar-refractivity contribution in [1.29, 1.82) is 0 Å². The fourth-order valence-corrected chi connectivity index (χ4v) is 1.94. The third kappa shape index (κ3) is 4.97. The number of nitrogens with zero attached hydrogens (tertiary/aromatic N) is 1. The number of rotatable bonds is 4. The SMILES string of the molecule is CNc1nccc(Oc2ccc(NC(=O)OC(C)(C)C)c(F)c2)c1N. The Morgan fingerprint density at radius 2 is 2.00 bits per heavy atom. The topological polar surface area (TPSA) is 98.5 Å². The van der Waals surface area contributed by atoms with E-state index in [1.807, 2.05) is 0 Å². The van der Waals surface area contributed by atoms with Gasteiger partial charge in [-0.15, -0.1) is 0 Å². The van der Waals surface area contributed by atoms with Crippen LogP contribution in [0.15, 0.2) is 30.5 Å². The van der Waals surface area contributed by atoms with Gasteiger partial charge in [0.1, 0.15) is 17.0 Å². The molecule has 0 radical (unpaired) electrons. The van der Waals surface area contributed by atoms with Gasteiger partial charge in [-0.25, -0.2) is 14.2 Å². The van der Waals surface area contributed by atoms with Crippen LogP contribution in [0, 0.1) is 5.82 Å².